The van der Waals surface area contributed by atoms with Crippen molar-refractivity contribution in [1.29, 1.82) is 0 Å². The largest absolute Gasteiger partial charge is 0.465 e. The van der Waals surface area contributed by atoms with Gasteiger partial charge in [0.15, 0.2) is 0 Å². The topological polar surface area (TPSA) is 38.3 Å². The van der Waals surface area contributed by atoms with Gasteiger partial charge in [-0.1, -0.05) is 18.5 Å². The molecule has 112 valence electrons. The number of hydrogen-bond acceptors (Lipinski definition) is 4. The maximum absolute atomic E-state index is 11.8. The summed E-state index contributed by atoms with van der Waals surface area (Å²) >= 11 is 7.57. The maximum atomic E-state index is 11.8. The molecule has 0 bridgehead atoms. The van der Waals surface area contributed by atoms with Crippen LogP contribution in [0.1, 0.15) is 26.7 Å². The zero-order chi connectivity index (χ0) is 14.8. The van der Waals surface area contributed by atoms with Gasteiger partial charge in [0.25, 0.3) is 0 Å². The van der Waals surface area contributed by atoms with Crippen LogP contribution in [-0.2, 0) is 9.53 Å². The van der Waals surface area contributed by atoms with Crippen LogP contribution < -0.4 is 5.32 Å². The highest BCUT2D eigenvalue weighted by atomic mass is 35.5. The SMILES string of the molecule is CCCNC(CCSc1ccc(Cl)cc1)C(=O)OCC. The average molecular weight is 316 g/mol. The summed E-state index contributed by atoms with van der Waals surface area (Å²) in [6.45, 7) is 5.16. The van der Waals surface area contributed by atoms with E-state index in [1.807, 2.05) is 31.2 Å². The van der Waals surface area contributed by atoms with Crippen molar-refractivity contribution in [2.75, 3.05) is 18.9 Å². The van der Waals surface area contributed by atoms with Crippen molar-refractivity contribution in [2.45, 2.75) is 37.6 Å². The molecule has 0 aliphatic rings. The Kier molecular flexibility index (Phi) is 8.74. The highest BCUT2D eigenvalue weighted by molar-refractivity contribution is 7.99. The fraction of sp³-hybridized carbons (Fsp3) is 0.533. The second-order valence-electron chi connectivity index (χ2n) is 4.35. The van der Waals surface area contributed by atoms with Crippen molar-refractivity contribution in [3.8, 4) is 0 Å². The van der Waals surface area contributed by atoms with E-state index in [0.29, 0.717) is 6.61 Å². The van der Waals surface area contributed by atoms with Gasteiger partial charge in [-0.2, -0.15) is 0 Å². The minimum absolute atomic E-state index is 0.155. The molecular weight excluding hydrogens is 294 g/mol. The maximum Gasteiger partial charge on any atom is 0.323 e. The first-order valence-electron chi connectivity index (χ1n) is 6.95. The molecule has 0 radical (unpaired) electrons. The van der Waals surface area contributed by atoms with Gasteiger partial charge in [-0.3, -0.25) is 4.79 Å². The predicted octanol–water partition coefficient (Wildman–Crippen LogP) is 3.75. The molecule has 20 heavy (non-hydrogen) atoms. The van der Waals surface area contributed by atoms with Crippen LogP contribution in [0.3, 0.4) is 0 Å². The van der Waals surface area contributed by atoms with Gasteiger partial charge in [0.05, 0.1) is 6.61 Å². The number of ether oxygens (including phenoxy) is 1. The van der Waals surface area contributed by atoms with Crippen molar-refractivity contribution in [3.05, 3.63) is 29.3 Å². The molecule has 5 heteroatoms. The lowest BCUT2D eigenvalue weighted by Gasteiger charge is -2.16. The predicted molar refractivity (Wildman–Crippen MR) is 85.5 cm³/mol. The molecular formula is C15H22ClNO2S. The fourth-order valence-corrected chi connectivity index (χ4v) is 2.73. The van der Waals surface area contributed by atoms with E-state index in [0.717, 1.165) is 35.1 Å². The molecule has 1 atom stereocenters. The lowest BCUT2D eigenvalue weighted by Crippen LogP contribution is -2.39. The minimum atomic E-state index is -0.213. The first-order chi connectivity index (χ1) is 9.67. The van der Waals surface area contributed by atoms with Crippen LogP contribution in [0, 0.1) is 0 Å². The molecule has 1 N–H and O–H groups in total. The number of hydrogen-bond donors (Lipinski definition) is 1. The van der Waals surface area contributed by atoms with Gasteiger partial charge in [-0.05, 0) is 50.6 Å². The van der Waals surface area contributed by atoms with E-state index < -0.39 is 0 Å². The van der Waals surface area contributed by atoms with E-state index in [1.54, 1.807) is 11.8 Å². The van der Waals surface area contributed by atoms with E-state index in [9.17, 15) is 4.79 Å². The number of carbonyl (C=O) groups is 1. The van der Waals surface area contributed by atoms with Gasteiger partial charge in [0.2, 0.25) is 0 Å². The Morgan fingerprint density at radius 1 is 1.35 bits per heavy atom. The summed E-state index contributed by atoms with van der Waals surface area (Å²) in [5.41, 5.74) is 0. The molecule has 0 aromatic heterocycles. The second-order valence-corrected chi connectivity index (χ2v) is 5.95. The van der Waals surface area contributed by atoms with Crippen LogP contribution >= 0.6 is 23.4 Å². The van der Waals surface area contributed by atoms with Crippen LogP contribution in [-0.4, -0.2) is 30.9 Å². The van der Waals surface area contributed by atoms with Crippen LogP contribution in [0.5, 0.6) is 0 Å². The Bertz CT molecular complexity index is 397. The van der Waals surface area contributed by atoms with E-state index in [4.69, 9.17) is 16.3 Å². The second kappa shape index (κ2) is 10.1. The molecule has 0 fully saturated rings. The smallest absolute Gasteiger partial charge is 0.323 e. The van der Waals surface area contributed by atoms with Crippen LogP contribution in [0.15, 0.2) is 29.2 Å². The highest BCUT2D eigenvalue weighted by Gasteiger charge is 2.18. The van der Waals surface area contributed by atoms with E-state index in [1.165, 1.54) is 0 Å². The first-order valence-corrected chi connectivity index (χ1v) is 8.32. The Morgan fingerprint density at radius 3 is 2.65 bits per heavy atom. The molecule has 1 unspecified atom stereocenters. The number of carbonyl (C=O) groups excluding carboxylic acids is 1. The van der Waals surface area contributed by atoms with Gasteiger partial charge >= 0.3 is 5.97 Å². The average Bonchev–Trinajstić information content (AvgIpc) is 2.44. The molecule has 0 amide bonds. The summed E-state index contributed by atoms with van der Waals surface area (Å²) in [6, 6.07) is 7.52. The first kappa shape index (κ1) is 17.3. The summed E-state index contributed by atoms with van der Waals surface area (Å²) in [5, 5.41) is 3.98. The number of thioether (sulfide) groups is 1. The number of nitrogens with one attached hydrogen (secondary N) is 1. The normalized spacial score (nSPS) is 12.2. The number of halogens is 1. The molecule has 1 aromatic carbocycles. The Hall–Kier alpha value is -0.710. The number of rotatable bonds is 9. The van der Waals surface area contributed by atoms with E-state index in [2.05, 4.69) is 12.2 Å². The monoisotopic (exact) mass is 315 g/mol. The summed E-state index contributed by atoms with van der Waals surface area (Å²) in [7, 11) is 0. The lowest BCUT2D eigenvalue weighted by atomic mass is 10.2. The van der Waals surface area contributed by atoms with Crippen molar-refractivity contribution in [2.24, 2.45) is 0 Å². The lowest BCUT2D eigenvalue weighted by molar-refractivity contribution is -0.145. The summed E-state index contributed by atoms with van der Waals surface area (Å²) in [6.07, 6.45) is 1.76. The molecule has 1 rings (SSSR count). The summed E-state index contributed by atoms with van der Waals surface area (Å²) < 4.78 is 5.09. The van der Waals surface area contributed by atoms with Gasteiger partial charge in [-0.25, -0.2) is 0 Å². The van der Waals surface area contributed by atoms with Crippen LogP contribution in [0.2, 0.25) is 5.02 Å². The molecule has 0 aliphatic carbocycles. The third-order valence-electron chi connectivity index (χ3n) is 2.70. The van der Waals surface area contributed by atoms with Crippen LogP contribution in [0.4, 0.5) is 0 Å². The molecule has 0 heterocycles. The minimum Gasteiger partial charge on any atom is -0.465 e. The Balaban J connectivity index is 2.40. The molecule has 3 nitrogen and oxygen atoms in total. The van der Waals surface area contributed by atoms with Gasteiger partial charge < -0.3 is 10.1 Å². The third-order valence-corrected chi connectivity index (χ3v) is 4.00. The van der Waals surface area contributed by atoms with Crippen molar-refractivity contribution in [3.63, 3.8) is 0 Å². The van der Waals surface area contributed by atoms with Crippen molar-refractivity contribution in [1.82, 2.24) is 5.32 Å². The molecule has 0 aliphatic heterocycles. The summed E-state index contributed by atoms with van der Waals surface area (Å²) in [4.78, 5) is 13.0. The third kappa shape index (κ3) is 6.64. The van der Waals surface area contributed by atoms with Gasteiger partial charge in [0.1, 0.15) is 6.04 Å². The van der Waals surface area contributed by atoms with E-state index in [-0.39, 0.29) is 12.0 Å². The standard InChI is InChI=1S/C15H22ClNO2S/c1-3-10-17-14(15(18)19-4-2)9-11-20-13-7-5-12(16)6-8-13/h5-8,14,17H,3-4,9-11H2,1-2H3. The fourth-order valence-electron chi connectivity index (χ4n) is 1.69. The molecule has 1 aromatic rings. The van der Waals surface area contributed by atoms with Gasteiger partial charge in [-0.15, -0.1) is 11.8 Å². The Labute approximate surface area is 130 Å². The molecule has 0 saturated heterocycles. The Morgan fingerprint density at radius 2 is 2.05 bits per heavy atom. The van der Waals surface area contributed by atoms with Gasteiger partial charge in [0, 0.05) is 15.7 Å². The van der Waals surface area contributed by atoms with E-state index >= 15 is 0 Å². The van der Waals surface area contributed by atoms with Crippen molar-refractivity contribution < 1.29 is 9.53 Å². The van der Waals surface area contributed by atoms with Crippen LogP contribution in [0.25, 0.3) is 0 Å². The zero-order valence-electron chi connectivity index (χ0n) is 12.0. The van der Waals surface area contributed by atoms with Crippen molar-refractivity contribution >= 4 is 29.3 Å². The molecule has 0 spiro atoms. The zero-order valence-corrected chi connectivity index (χ0v) is 13.6. The number of benzene rings is 1. The number of esters is 1. The summed E-state index contributed by atoms with van der Waals surface area (Å²) in [5.74, 6) is 0.708. The quantitative estimate of drug-likeness (QED) is 0.556. The highest BCUT2D eigenvalue weighted by Crippen LogP contribution is 2.21. The molecule has 0 saturated carbocycles.